The van der Waals surface area contributed by atoms with E-state index in [-0.39, 0.29) is 5.91 Å². The zero-order chi connectivity index (χ0) is 15.2. The maximum absolute atomic E-state index is 12.3. The Kier molecular flexibility index (Phi) is 4.94. The number of carbonyl (C=O) groups excluding carboxylic acids is 1. The monoisotopic (exact) mass is 286 g/mol. The molecule has 0 spiro atoms. The number of nitriles is 1. The van der Waals surface area contributed by atoms with Crippen molar-refractivity contribution in [3.63, 3.8) is 0 Å². The van der Waals surface area contributed by atoms with Gasteiger partial charge in [0, 0.05) is 5.69 Å². The number of amides is 1. The van der Waals surface area contributed by atoms with E-state index in [9.17, 15) is 14.7 Å². The molecule has 0 bridgehead atoms. The molecule has 0 aliphatic heterocycles. The lowest BCUT2D eigenvalue weighted by molar-refractivity contribution is -0.147. The van der Waals surface area contributed by atoms with Gasteiger partial charge in [-0.1, -0.05) is 25.0 Å². The van der Waals surface area contributed by atoms with E-state index in [1.807, 2.05) is 0 Å². The van der Waals surface area contributed by atoms with E-state index < -0.39 is 17.8 Å². The predicted octanol–water partition coefficient (Wildman–Crippen LogP) is 2.58. The normalized spacial score (nSPS) is 21.3. The molecule has 2 N–H and O–H groups in total. The third kappa shape index (κ3) is 3.82. The van der Waals surface area contributed by atoms with Crippen molar-refractivity contribution in [3.05, 3.63) is 29.8 Å². The molecule has 1 aliphatic carbocycles. The molecule has 1 aliphatic rings. The molecule has 5 nitrogen and oxygen atoms in total. The molecule has 1 aromatic rings. The van der Waals surface area contributed by atoms with Gasteiger partial charge in [-0.2, -0.15) is 5.26 Å². The quantitative estimate of drug-likeness (QED) is 0.890. The van der Waals surface area contributed by atoms with Gasteiger partial charge in [0.25, 0.3) is 0 Å². The highest BCUT2D eigenvalue weighted by molar-refractivity contribution is 5.95. The standard InChI is InChI=1S/C16H18N2O3/c17-10-9-11-5-7-12(8-6-11)18-15(19)13-3-1-2-4-14(13)16(20)21/h5-8,13-14H,1-4,9H2,(H,18,19)(H,20,21). The molecule has 110 valence electrons. The van der Waals surface area contributed by atoms with E-state index in [0.717, 1.165) is 18.4 Å². The van der Waals surface area contributed by atoms with E-state index in [4.69, 9.17) is 5.26 Å². The van der Waals surface area contributed by atoms with Crippen molar-refractivity contribution in [2.24, 2.45) is 11.8 Å². The number of carbonyl (C=O) groups is 2. The van der Waals surface area contributed by atoms with Gasteiger partial charge in [0.1, 0.15) is 0 Å². The summed E-state index contributed by atoms with van der Waals surface area (Å²) in [5.41, 5.74) is 1.52. The first-order valence-corrected chi connectivity index (χ1v) is 7.11. The van der Waals surface area contributed by atoms with Crippen LogP contribution in [0.15, 0.2) is 24.3 Å². The maximum atomic E-state index is 12.3. The van der Waals surface area contributed by atoms with Crippen molar-refractivity contribution in [2.75, 3.05) is 5.32 Å². The summed E-state index contributed by atoms with van der Waals surface area (Å²) in [4.78, 5) is 23.5. The van der Waals surface area contributed by atoms with Gasteiger partial charge in [0.05, 0.1) is 24.3 Å². The summed E-state index contributed by atoms with van der Waals surface area (Å²) in [6, 6.07) is 9.11. The molecular formula is C16H18N2O3. The van der Waals surface area contributed by atoms with Crippen molar-refractivity contribution in [1.29, 1.82) is 5.26 Å². The minimum atomic E-state index is -0.890. The molecule has 2 rings (SSSR count). The Morgan fingerprint density at radius 3 is 2.38 bits per heavy atom. The molecule has 1 saturated carbocycles. The molecule has 1 aromatic carbocycles. The second kappa shape index (κ2) is 6.89. The van der Waals surface area contributed by atoms with Gasteiger partial charge in [0.2, 0.25) is 5.91 Å². The van der Waals surface area contributed by atoms with E-state index in [1.54, 1.807) is 24.3 Å². The smallest absolute Gasteiger partial charge is 0.307 e. The Labute approximate surface area is 123 Å². The molecule has 2 unspecified atom stereocenters. The van der Waals surface area contributed by atoms with Gasteiger partial charge in [-0.3, -0.25) is 9.59 Å². The van der Waals surface area contributed by atoms with Gasteiger partial charge in [-0.15, -0.1) is 0 Å². The van der Waals surface area contributed by atoms with Gasteiger partial charge in [-0.05, 0) is 30.5 Å². The molecule has 1 amide bonds. The van der Waals surface area contributed by atoms with Crippen molar-refractivity contribution < 1.29 is 14.7 Å². The molecule has 5 heteroatoms. The second-order valence-corrected chi connectivity index (χ2v) is 5.36. The highest BCUT2D eigenvalue weighted by atomic mass is 16.4. The lowest BCUT2D eigenvalue weighted by Crippen LogP contribution is -2.36. The number of aliphatic carboxylic acids is 1. The minimum Gasteiger partial charge on any atom is -0.481 e. The summed E-state index contributed by atoms with van der Waals surface area (Å²) in [6.45, 7) is 0. The van der Waals surface area contributed by atoms with Gasteiger partial charge >= 0.3 is 5.97 Å². The van der Waals surface area contributed by atoms with Crippen LogP contribution in [0.3, 0.4) is 0 Å². The minimum absolute atomic E-state index is 0.227. The van der Waals surface area contributed by atoms with Crippen LogP contribution in [0.5, 0.6) is 0 Å². The van der Waals surface area contributed by atoms with Crippen molar-refractivity contribution in [1.82, 2.24) is 0 Å². The predicted molar refractivity (Wildman–Crippen MR) is 77.5 cm³/mol. The molecule has 0 radical (unpaired) electrons. The number of anilines is 1. The van der Waals surface area contributed by atoms with Crippen LogP contribution in [-0.4, -0.2) is 17.0 Å². The van der Waals surface area contributed by atoms with Crippen molar-refractivity contribution in [3.8, 4) is 6.07 Å². The Balaban J connectivity index is 2.02. The third-order valence-electron chi connectivity index (χ3n) is 3.92. The number of nitrogens with zero attached hydrogens (tertiary/aromatic N) is 1. The molecule has 21 heavy (non-hydrogen) atoms. The van der Waals surface area contributed by atoms with Gasteiger partial charge in [0.15, 0.2) is 0 Å². The lowest BCUT2D eigenvalue weighted by Gasteiger charge is -2.27. The SMILES string of the molecule is N#CCc1ccc(NC(=O)C2CCCCC2C(=O)O)cc1. The number of benzene rings is 1. The Hall–Kier alpha value is -2.35. The van der Waals surface area contributed by atoms with Crippen LogP contribution in [0, 0.1) is 23.2 Å². The molecular weight excluding hydrogens is 268 g/mol. The Morgan fingerprint density at radius 2 is 1.81 bits per heavy atom. The zero-order valence-electron chi connectivity index (χ0n) is 11.7. The van der Waals surface area contributed by atoms with Gasteiger partial charge in [-0.25, -0.2) is 0 Å². The van der Waals surface area contributed by atoms with E-state index >= 15 is 0 Å². The first kappa shape index (κ1) is 15.0. The first-order chi connectivity index (χ1) is 10.1. The average Bonchev–Trinajstić information content (AvgIpc) is 2.49. The maximum Gasteiger partial charge on any atom is 0.307 e. The third-order valence-corrected chi connectivity index (χ3v) is 3.92. The molecule has 1 fully saturated rings. The summed E-state index contributed by atoms with van der Waals surface area (Å²) < 4.78 is 0. The van der Waals surface area contributed by atoms with E-state index in [0.29, 0.717) is 24.9 Å². The first-order valence-electron chi connectivity index (χ1n) is 7.11. The van der Waals surface area contributed by atoms with Crippen molar-refractivity contribution in [2.45, 2.75) is 32.1 Å². The molecule has 0 saturated heterocycles. The average molecular weight is 286 g/mol. The fourth-order valence-electron chi connectivity index (χ4n) is 2.77. The van der Waals surface area contributed by atoms with Crippen LogP contribution in [0.25, 0.3) is 0 Å². The second-order valence-electron chi connectivity index (χ2n) is 5.36. The van der Waals surface area contributed by atoms with Crippen LogP contribution < -0.4 is 5.32 Å². The van der Waals surface area contributed by atoms with Crippen molar-refractivity contribution >= 4 is 17.6 Å². The Bertz CT molecular complexity index is 560. The van der Waals surface area contributed by atoms with E-state index in [2.05, 4.69) is 11.4 Å². The lowest BCUT2D eigenvalue weighted by atomic mass is 9.78. The summed E-state index contributed by atoms with van der Waals surface area (Å²) >= 11 is 0. The number of nitrogens with one attached hydrogen (secondary N) is 1. The summed E-state index contributed by atoms with van der Waals surface area (Å²) in [7, 11) is 0. The zero-order valence-corrected chi connectivity index (χ0v) is 11.7. The number of hydrogen-bond acceptors (Lipinski definition) is 3. The van der Waals surface area contributed by atoms with E-state index in [1.165, 1.54) is 0 Å². The number of carboxylic acids is 1. The number of hydrogen-bond donors (Lipinski definition) is 2. The topological polar surface area (TPSA) is 90.2 Å². The molecule has 0 heterocycles. The van der Waals surface area contributed by atoms with Crippen LogP contribution >= 0.6 is 0 Å². The Morgan fingerprint density at radius 1 is 1.19 bits per heavy atom. The molecule has 2 atom stereocenters. The fourth-order valence-corrected chi connectivity index (χ4v) is 2.77. The van der Waals surface area contributed by atoms with Crippen LogP contribution in [0.1, 0.15) is 31.2 Å². The number of carboxylic acid groups (broad SMARTS) is 1. The summed E-state index contributed by atoms with van der Waals surface area (Å²) in [6.07, 6.45) is 3.27. The van der Waals surface area contributed by atoms with Crippen LogP contribution in [0.4, 0.5) is 5.69 Å². The highest BCUT2D eigenvalue weighted by Crippen LogP contribution is 2.31. The number of rotatable bonds is 4. The van der Waals surface area contributed by atoms with Crippen LogP contribution in [-0.2, 0) is 16.0 Å². The summed E-state index contributed by atoms with van der Waals surface area (Å²) in [5, 5.41) is 20.6. The summed E-state index contributed by atoms with van der Waals surface area (Å²) in [5.74, 6) is -2.17. The fraction of sp³-hybridized carbons (Fsp3) is 0.438. The largest absolute Gasteiger partial charge is 0.481 e. The van der Waals surface area contributed by atoms with Gasteiger partial charge < -0.3 is 10.4 Å². The van der Waals surface area contributed by atoms with Crippen LogP contribution in [0.2, 0.25) is 0 Å². The molecule has 0 aromatic heterocycles. The highest BCUT2D eigenvalue weighted by Gasteiger charge is 2.35.